The molecule has 1 amide bonds. The monoisotopic (exact) mass is 215 g/mol. The first kappa shape index (κ1) is 13.9. The zero-order valence-electron chi connectivity index (χ0n) is 9.91. The molecule has 88 valence electrons. The summed E-state index contributed by atoms with van der Waals surface area (Å²) in [6, 6.07) is 0. The molecule has 0 fully saturated rings. The SMILES string of the molecule is CCCCCCOC(=O)CN(C)C(C)=O. The Balaban J connectivity index is 3.45. The minimum Gasteiger partial charge on any atom is -0.464 e. The fourth-order valence-corrected chi connectivity index (χ4v) is 1.07. The molecule has 0 N–H and O–H groups in total. The standard InChI is InChI=1S/C11H21NO3/c1-4-5-6-7-8-15-11(14)9-12(3)10(2)13/h4-9H2,1-3H3. The van der Waals surface area contributed by atoms with E-state index in [-0.39, 0.29) is 18.4 Å². The van der Waals surface area contributed by atoms with E-state index in [1.807, 2.05) is 0 Å². The lowest BCUT2D eigenvalue weighted by Gasteiger charge is -2.13. The molecule has 0 heterocycles. The summed E-state index contributed by atoms with van der Waals surface area (Å²) < 4.78 is 4.98. The molecular formula is C11H21NO3. The molecule has 0 aliphatic rings. The van der Waals surface area contributed by atoms with Gasteiger partial charge in [0.2, 0.25) is 5.91 Å². The largest absolute Gasteiger partial charge is 0.464 e. The van der Waals surface area contributed by atoms with E-state index in [1.54, 1.807) is 7.05 Å². The Labute approximate surface area is 91.6 Å². The maximum absolute atomic E-state index is 11.2. The third-order valence-electron chi connectivity index (χ3n) is 2.16. The van der Waals surface area contributed by atoms with Crippen LogP contribution in [0.25, 0.3) is 0 Å². The predicted molar refractivity (Wildman–Crippen MR) is 58.4 cm³/mol. The van der Waals surface area contributed by atoms with E-state index < -0.39 is 0 Å². The van der Waals surface area contributed by atoms with E-state index in [0.29, 0.717) is 6.61 Å². The molecule has 15 heavy (non-hydrogen) atoms. The number of ether oxygens (including phenoxy) is 1. The van der Waals surface area contributed by atoms with Gasteiger partial charge in [0.1, 0.15) is 6.54 Å². The number of hydrogen-bond donors (Lipinski definition) is 0. The second-order valence-corrected chi connectivity index (χ2v) is 3.66. The average molecular weight is 215 g/mol. The molecule has 0 radical (unpaired) electrons. The van der Waals surface area contributed by atoms with E-state index in [0.717, 1.165) is 12.8 Å². The first-order chi connectivity index (χ1) is 7.07. The number of nitrogens with zero attached hydrogens (tertiary/aromatic N) is 1. The third-order valence-corrected chi connectivity index (χ3v) is 2.16. The van der Waals surface area contributed by atoms with E-state index in [2.05, 4.69) is 6.92 Å². The molecule has 0 saturated carbocycles. The van der Waals surface area contributed by atoms with Gasteiger partial charge in [0.15, 0.2) is 0 Å². The summed E-state index contributed by atoms with van der Waals surface area (Å²) in [5.41, 5.74) is 0. The fourth-order valence-electron chi connectivity index (χ4n) is 1.07. The first-order valence-electron chi connectivity index (χ1n) is 5.45. The molecule has 0 aliphatic carbocycles. The van der Waals surface area contributed by atoms with Crippen molar-refractivity contribution < 1.29 is 14.3 Å². The lowest BCUT2D eigenvalue weighted by Crippen LogP contribution is -2.31. The minimum atomic E-state index is -0.329. The highest BCUT2D eigenvalue weighted by Gasteiger charge is 2.09. The summed E-state index contributed by atoms with van der Waals surface area (Å²) >= 11 is 0. The van der Waals surface area contributed by atoms with Gasteiger partial charge in [0.25, 0.3) is 0 Å². The number of likely N-dealkylation sites (N-methyl/N-ethyl adjacent to an activating group) is 1. The fraction of sp³-hybridized carbons (Fsp3) is 0.818. The number of carbonyl (C=O) groups is 2. The van der Waals surface area contributed by atoms with Gasteiger partial charge in [0, 0.05) is 14.0 Å². The zero-order chi connectivity index (χ0) is 11.7. The van der Waals surface area contributed by atoms with Gasteiger partial charge < -0.3 is 9.64 Å². The van der Waals surface area contributed by atoms with E-state index in [4.69, 9.17) is 4.74 Å². The van der Waals surface area contributed by atoms with Gasteiger partial charge in [-0.2, -0.15) is 0 Å². The first-order valence-corrected chi connectivity index (χ1v) is 5.45. The summed E-state index contributed by atoms with van der Waals surface area (Å²) in [7, 11) is 1.58. The molecule has 0 aromatic rings. The summed E-state index contributed by atoms with van der Waals surface area (Å²) in [5, 5.41) is 0. The Morgan fingerprint density at radius 3 is 2.40 bits per heavy atom. The van der Waals surface area contributed by atoms with Crippen molar-refractivity contribution in [2.24, 2.45) is 0 Å². The molecule has 0 unspecified atom stereocenters. The van der Waals surface area contributed by atoms with Crippen molar-refractivity contribution in [1.82, 2.24) is 4.90 Å². The summed E-state index contributed by atoms with van der Waals surface area (Å²) in [6.07, 6.45) is 4.33. The highest BCUT2D eigenvalue weighted by molar-refractivity contribution is 5.80. The number of esters is 1. The van der Waals surface area contributed by atoms with Crippen LogP contribution in [0.1, 0.15) is 39.5 Å². The highest BCUT2D eigenvalue weighted by Crippen LogP contribution is 1.99. The molecule has 0 spiro atoms. The molecule has 0 aromatic heterocycles. The quantitative estimate of drug-likeness (QED) is 0.478. The molecule has 0 atom stereocenters. The van der Waals surface area contributed by atoms with Crippen molar-refractivity contribution in [3.05, 3.63) is 0 Å². The van der Waals surface area contributed by atoms with E-state index >= 15 is 0 Å². The molecule has 4 nitrogen and oxygen atoms in total. The topological polar surface area (TPSA) is 46.6 Å². The Morgan fingerprint density at radius 2 is 1.87 bits per heavy atom. The van der Waals surface area contributed by atoms with Crippen LogP contribution in [0.3, 0.4) is 0 Å². The maximum Gasteiger partial charge on any atom is 0.325 e. The molecule has 4 heteroatoms. The van der Waals surface area contributed by atoms with Gasteiger partial charge in [-0.25, -0.2) is 0 Å². The van der Waals surface area contributed by atoms with Crippen molar-refractivity contribution in [3.8, 4) is 0 Å². The normalized spacial score (nSPS) is 9.80. The number of carbonyl (C=O) groups excluding carboxylic acids is 2. The molecule has 0 aromatic carbocycles. The minimum absolute atomic E-state index is 0.0448. The van der Waals surface area contributed by atoms with Gasteiger partial charge in [-0.15, -0.1) is 0 Å². The predicted octanol–water partition coefficient (Wildman–Crippen LogP) is 1.59. The van der Waals surface area contributed by atoms with Crippen LogP contribution in [0.15, 0.2) is 0 Å². The smallest absolute Gasteiger partial charge is 0.325 e. The van der Waals surface area contributed by atoms with E-state index in [1.165, 1.54) is 24.7 Å². The van der Waals surface area contributed by atoms with Crippen LogP contribution in [-0.2, 0) is 14.3 Å². The van der Waals surface area contributed by atoms with Gasteiger partial charge in [-0.05, 0) is 6.42 Å². The number of rotatable bonds is 7. The highest BCUT2D eigenvalue weighted by atomic mass is 16.5. The molecular weight excluding hydrogens is 194 g/mol. The number of hydrogen-bond acceptors (Lipinski definition) is 3. The molecule has 0 rings (SSSR count). The lowest BCUT2D eigenvalue weighted by molar-refractivity contribution is -0.148. The van der Waals surface area contributed by atoms with Crippen LogP contribution in [0, 0.1) is 0 Å². The Bertz CT molecular complexity index is 204. The van der Waals surface area contributed by atoms with Crippen LogP contribution in [-0.4, -0.2) is 37.0 Å². The van der Waals surface area contributed by atoms with Crippen molar-refractivity contribution >= 4 is 11.9 Å². The second kappa shape index (κ2) is 8.26. The molecule has 0 bridgehead atoms. The average Bonchev–Trinajstić information content (AvgIpc) is 2.17. The molecule has 0 saturated heterocycles. The Kier molecular flexibility index (Phi) is 7.68. The molecule has 0 aliphatic heterocycles. The van der Waals surface area contributed by atoms with E-state index in [9.17, 15) is 9.59 Å². The Hall–Kier alpha value is -1.06. The van der Waals surface area contributed by atoms with Crippen LogP contribution >= 0.6 is 0 Å². The zero-order valence-corrected chi connectivity index (χ0v) is 9.91. The lowest BCUT2D eigenvalue weighted by atomic mass is 10.2. The van der Waals surface area contributed by atoms with Crippen molar-refractivity contribution in [2.75, 3.05) is 20.2 Å². The number of amides is 1. The maximum atomic E-state index is 11.2. The van der Waals surface area contributed by atoms with Crippen molar-refractivity contribution in [3.63, 3.8) is 0 Å². The van der Waals surface area contributed by atoms with Gasteiger partial charge in [-0.3, -0.25) is 9.59 Å². The van der Waals surface area contributed by atoms with Crippen LogP contribution < -0.4 is 0 Å². The number of unbranched alkanes of at least 4 members (excludes halogenated alkanes) is 3. The van der Waals surface area contributed by atoms with Crippen LogP contribution in [0.4, 0.5) is 0 Å². The second-order valence-electron chi connectivity index (χ2n) is 3.66. The summed E-state index contributed by atoms with van der Waals surface area (Å²) in [6.45, 7) is 4.07. The van der Waals surface area contributed by atoms with Gasteiger partial charge in [0.05, 0.1) is 6.61 Å². The van der Waals surface area contributed by atoms with Gasteiger partial charge >= 0.3 is 5.97 Å². The van der Waals surface area contributed by atoms with Crippen LogP contribution in [0.5, 0.6) is 0 Å². The summed E-state index contributed by atoms with van der Waals surface area (Å²) in [4.78, 5) is 23.3. The van der Waals surface area contributed by atoms with Gasteiger partial charge in [-0.1, -0.05) is 26.2 Å². The van der Waals surface area contributed by atoms with Crippen molar-refractivity contribution in [2.45, 2.75) is 39.5 Å². The third kappa shape index (κ3) is 7.97. The summed E-state index contributed by atoms with van der Waals surface area (Å²) in [5.74, 6) is -0.456. The Morgan fingerprint density at radius 1 is 1.20 bits per heavy atom. The van der Waals surface area contributed by atoms with Crippen LogP contribution in [0.2, 0.25) is 0 Å². The van der Waals surface area contributed by atoms with Crippen molar-refractivity contribution in [1.29, 1.82) is 0 Å².